The second kappa shape index (κ2) is 6.44. The van der Waals surface area contributed by atoms with Gasteiger partial charge < -0.3 is 9.47 Å². The van der Waals surface area contributed by atoms with Crippen LogP contribution in [0.3, 0.4) is 0 Å². The van der Waals surface area contributed by atoms with Crippen molar-refractivity contribution in [2.75, 3.05) is 6.61 Å². The van der Waals surface area contributed by atoms with Gasteiger partial charge >= 0.3 is 6.09 Å². The molecule has 1 fully saturated rings. The van der Waals surface area contributed by atoms with Crippen molar-refractivity contribution < 1.29 is 18.7 Å². The maximum atomic E-state index is 13.3. The molecule has 1 heterocycles. The summed E-state index contributed by atoms with van der Waals surface area (Å²) in [6, 6.07) is 1.44. The van der Waals surface area contributed by atoms with Gasteiger partial charge in [-0.1, -0.05) is 0 Å². The fraction of sp³-hybridized carbons (Fsp3) is 0.733. The average Bonchev–Trinajstić information content (AvgIpc) is 2.60. The molecule has 118 valence electrons. The summed E-state index contributed by atoms with van der Waals surface area (Å²) >= 11 is 0. The van der Waals surface area contributed by atoms with Gasteiger partial charge in [0.15, 0.2) is 0 Å². The lowest BCUT2D eigenvalue weighted by Crippen LogP contribution is -2.49. The van der Waals surface area contributed by atoms with E-state index in [1.54, 1.807) is 40.7 Å². The Morgan fingerprint density at radius 2 is 2.19 bits per heavy atom. The highest BCUT2D eigenvalue weighted by Crippen LogP contribution is 2.31. The maximum absolute atomic E-state index is 13.3. The van der Waals surface area contributed by atoms with Crippen LogP contribution in [0.2, 0.25) is 0 Å². The number of nitrogens with zero attached hydrogens (tertiary/aromatic N) is 2. The predicted molar refractivity (Wildman–Crippen MR) is 75.9 cm³/mol. The van der Waals surface area contributed by atoms with E-state index in [9.17, 15) is 9.18 Å². The van der Waals surface area contributed by atoms with Crippen molar-refractivity contribution in [2.45, 2.75) is 64.8 Å². The van der Waals surface area contributed by atoms with Crippen LogP contribution in [-0.4, -0.2) is 35.0 Å². The summed E-state index contributed by atoms with van der Waals surface area (Å²) in [4.78, 5) is 13.8. The van der Waals surface area contributed by atoms with Crippen LogP contribution in [0.25, 0.3) is 0 Å². The molecule has 0 spiro atoms. The Hall–Kier alpha value is -1.61. The van der Waals surface area contributed by atoms with Crippen LogP contribution in [0.1, 0.15) is 47.5 Å². The Labute approximate surface area is 125 Å². The van der Waals surface area contributed by atoms with E-state index in [4.69, 9.17) is 14.7 Å². The van der Waals surface area contributed by atoms with Gasteiger partial charge in [0.05, 0.1) is 25.1 Å². The van der Waals surface area contributed by atoms with Crippen LogP contribution < -0.4 is 0 Å². The van der Waals surface area contributed by atoms with Crippen LogP contribution in [0.4, 0.5) is 9.18 Å². The highest BCUT2D eigenvalue weighted by atomic mass is 19.1. The van der Waals surface area contributed by atoms with Gasteiger partial charge in [-0.25, -0.2) is 9.18 Å². The number of halogens is 1. The summed E-state index contributed by atoms with van der Waals surface area (Å²) in [6.07, 6.45) is 0.874. The Morgan fingerprint density at radius 3 is 2.71 bits per heavy atom. The molecule has 1 aliphatic heterocycles. The Kier molecular flexibility index (Phi) is 5.35. The molecule has 0 aliphatic carbocycles. The molecule has 6 heteroatoms. The number of carbonyl (C=O) groups excluding carboxylic acids is 1. The fourth-order valence-electron chi connectivity index (χ4n) is 2.15. The Bertz CT molecular complexity index is 461. The van der Waals surface area contributed by atoms with E-state index in [1.165, 1.54) is 11.0 Å². The van der Waals surface area contributed by atoms with Crippen molar-refractivity contribution >= 4 is 6.09 Å². The number of nitriles is 1. The van der Waals surface area contributed by atoms with Gasteiger partial charge in [-0.15, -0.1) is 0 Å². The lowest BCUT2D eigenvalue weighted by atomic mass is 10.1. The van der Waals surface area contributed by atoms with Crippen molar-refractivity contribution in [1.82, 2.24) is 4.90 Å². The Balaban J connectivity index is 2.82. The predicted octanol–water partition coefficient (Wildman–Crippen LogP) is 3.52. The molecule has 21 heavy (non-hydrogen) atoms. The number of amides is 1. The number of allylic oxidation sites excluding steroid dienone is 1. The van der Waals surface area contributed by atoms with Crippen molar-refractivity contribution in [3.05, 3.63) is 11.9 Å². The monoisotopic (exact) mass is 298 g/mol. The molecule has 0 radical (unpaired) electrons. The summed E-state index contributed by atoms with van der Waals surface area (Å²) < 4.78 is 24.3. The zero-order valence-corrected chi connectivity index (χ0v) is 13.3. The topological polar surface area (TPSA) is 62.6 Å². The van der Waals surface area contributed by atoms with Gasteiger partial charge in [0.1, 0.15) is 17.2 Å². The van der Waals surface area contributed by atoms with E-state index in [-0.39, 0.29) is 18.9 Å². The lowest BCUT2D eigenvalue weighted by Gasteiger charge is -2.34. The standard InChI is InChI=1S/C15H23FN2O3/c1-14(2,3)21-13(19)18-12(10-20-15(18,4)5)7-6-11(16)8-9-17/h6,12H,7-8,10H2,1-5H3/b11-6-/t12-/m0/s1. The van der Waals surface area contributed by atoms with Gasteiger partial charge in [0.25, 0.3) is 0 Å². The lowest BCUT2D eigenvalue weighted by molar-refractivity contribution is -0.0623. The number of hydrogen-bond acceptors (Lipinski definition) is 4. The molecule has 1 amide bonds. The van der Waals surface area contributed by atoms with Crippen LogP contribution >= 0.6 is 0 Å². The van der Waals surface area contributed by atoms with Crippen molar-refractivity contribution in [3.8, 4) is 6.07 Å². The van der Waals surface area contributed by atoms with E-state index < -0.39 is 23.2 Å². The van der Waals surface area contributed by atoms with Gasteiger partial charge in [0.2, 0.25) is 0 Å². The van der Waals surface area contributed by atoms with Crippen LogP contribution in [-0.2, 0) is 9.47 Å². The van der Waals surface area contributed by atoms with E-state index in [0.29, 0.717) is 6.61 Å². The van der Waals surface area contributed by atoms with Gasteiger partial charge in [-0.05, 0) is 47.1 Å². The van der Waals surface area contributed by atoms with Crippen molar-refractivity contribution in [2.24, 2.45) is 0 Å². The van der Waals surface area contributed by atoms with Crippen LogP contribution in [0.5, 0.6) is 0 Å². The molecule has 0 saturated carbocycles. The molecule has 5 nitrogen and oxygen atoms in total. The fourth-order valence-corrected chi connectivity index (χ4v) is 2.15. The smallest absolute Gasteiger partial charge is 0.412 e. The Morgan fingerprint density at radius 1 is 1.57 bits per heavy atom. The summed E-state index contributed by atoms with van der Waals surface area (Å²) in [5.74, 6) is -0.494. The summed E-state index contributed by atoms with van der Waals surface area (Å²) in [5, 5.41) is 8.44. The summed E-state index contributed by atoms with van der Waals surface area (Å²) in [6.45, 7) is 9.21. The molecular formula is C15H23FN2O3. The first-order valence-electron chi connectivity index (χ1n) is 6.94. The third kappa shape index (κ3) is 5.01. The zero-order valence-electron chi connectivity index (χ0n) is 13.3. The van der Waals surface area contributed by atoms with Crippen molar-refractivity contribution in [3.63, 3.8) is 0 Å². The molecule has 1 aliphatic rings. The number of rotatable bonds is 3. The molecule has 1 saturated heterocycles. The molecule has 0 aromatic heterocycles. The van der Waals surface area contributed by atoms with Gasteiger partial charge in [-0.3, -0.25) is 4.90 Å². The van der Waals surface area contributed by atoms with Gasteiger partial charge in [0, 0.05) is 0 Å². The van der Waals surface area contributed by atoms with E-state index in [2.05, 4.69) is 0 Å². The average molecular weight is 298 g/mol. The molecule has 0 bridgehead atoms. The number of carbonyl (C=O) groups is 1. The SMILES string of the molecule is CC(C)(C)OC(=O)N1[C@@H](C/C=C(\F)CC#N)COC1(C)C. The van der Waals surface area contributed by atoms with E-state index in [1.807, 2.05) is 0 Å². The third-order valence-electron chi connectivity index (χ3n) is 3.02. The summed E-state index contributed by atoms with van der Waals surface area (Å²) in [5.41, 5.74) is -1.41. The van der Waals surface area contributed by atoms with Gasteiger partial charge in [-0.2, -0.15) is 5.26 Å². The second-order valence-corrected chi connectivity index (χ2v) is 6.48. The first-order valence-corrected chi connectivity index (χ1v) is 6.94. The minimum Gasteiger partial charge on any atom is -0.444 e. The molecule has 0 aromatic carbocycles. The molecule has 1 rings (SSSR count). The summed E-state index contributed by atoms with van der Waals surface area (Å²) in [7, 11) is 0. The van der Waals surface area contributed by atoms with Crippen molar-refractivity contribution in [1.29, 1.82) is 5.26 Å². The third-order valence-corrected chi connectivity index (χ3v) is 3.02. The molecule has 1 atom stereocenters. The van der Waals surface area contributed by atoms with Crippen LogP contribution in [0.15, 0.2) is 11.9 Å². The van der Waals surface area contributed by atoms with E-state index in [0.717, 1.165) is 0 Å². The maximum Gasteiger partial charge on any atom is 0.412 e. The first kappa shape index (κ1) is 17.4. The van der Waals surface area contributed by atoms with E-state index >= 15 is 0 Å². The number of ether oxygens (including phenoxy) is 2. The molecular weight excluding hydrogens is 275 g/mol. The van der Waals surface area contributed by atoms with Crippen LogP contribution in [0, 0.1) is 11.3 Å². The zero-order chi connectivity index (χ0) is 16.3. The normalized spacial score (nSPS) is 22.0. The minimum atomic E-state index is -0.799. The molecule has 0 aromatic rings. The second-order valence-electron chi connectivity index (χ2n) is 6.48. The highest BCUT2D eigenvalue weighted by Gasteiger charge is 2.45. The quantitative estimate of drug-likeness (QED) is 0.799. The first-order chi connectivity index (χ1) is 9.57. The molecule has 0 N–H and O–H groups in total. The molecule has 0 unspecified atom stereocenters. The number of hydrogen-bond donors (Lipinski definition) is 0. The highest BCUT2D eigenvalue weighted by molar-refractivity contribution is 5.69. The minimum absolute atomic E-state index is 0.261. The largest absolute Gasteiger partial charge is 0.444 e.